The molecule has 1 aliphatic heterocycles. The average Bonchev–Trinajstić information content (AvgIpc) is 2.13. The normalized spacial score (nSPS) is 21.9. The van der Waals surface area contributed by atoms with Gasteiger partial charge in [-0.15, -0.1) is 0 Å². The quantitative estimate of drug-likeness (QED) is 0.627. The fourth-order valence-electron chi connectivity index (χ4n) is 1.55. The van der Waals surface area contributed by atoms with Crippen LogP contribution in [0.3, 0.4) is 0 Å². The van der Waals surface area contributed by atoms with Gasteiger partial charge in [0.15, 0.2) is 9.84 Å². The molecular formula is C7H15NO6S2. The van der Waals surface area contributed by atoms with Crippen LogP contribution in [0.2, 0.25) is 0 Å². The Balaban J connectivity index is 2.87. The zero-order valence-corrected chi connectivity index (χ0v) is 10.5. The van der Waals surface area contributed by atoms with Crippen LogP contribution in [0.4, 0.5) is 0 Å². The summed E-state index contributed by atoms with van der Waals surface area (Å²) >= 11 is 0. The number of ether oxygens (including phenoxy) is 1. The second kappa shape index (κ2) is 4.96. The first kappa shape index (κ1) is 13.8. The molecule has 0 amide bonds. The Labute approximate surface area is 95.1 Å². The van der Waals surface area contributed by atoms with E-state index in [0.29, 0.717) is 26.3 Å². The van der Waals surface area contributed by atoms with Crippen molar-refractivity contribution in [2.45, 2.75) is 5.37 Å². The molecule has 1 rings (SSSR count). The van der Waals surface area contributed by atoms with Gasteiger partial charge in [-0.2, -0.15) is 8.42 Å². The highest BCUT2D eigenvalue weighted by Crippen LogP contribution is 2.11. The molecule has 16 heavy (non-hydrogen) atoms. The highest BCUT2D eigenvalue weighted by Gasteiger charge is 2.33. The first-order chi connectivity index (χ1) is 7.20. The van der Waals surface area contributed by atoms with Crippen molar-refractivity contribution >= 4 is 20.0 Å². The SMILES string of the molecule is CS(=O)(=O)C(CS(=O)(=O)O)N1CCOCC1. The molecule has 1 fully saturated rings. The number of rotatable bonds is 4. The third kappa shape index (κ3) is 4.34. The Bertz CT molecular complexity index is 422. The van der Waals surface area contributed by atoms with Gasteiger partial charge in [-0.25, -0.2) is 8.42 Å². The topological polar surface area (TPSA) is 101 Å². The molecular weight excluding hydrogens is 258 g/mol. The molecule has 96 valence electrons. The molecule has 0 aromatic heterocycles. The van der Waals surface area contributed by atoms with Gasteiger partial charge < -0.3 is 4.74 Å². The minimum absolute atomic E-state index is 0.341. The maximum atomic E-state index is 11.5. The fraction of sp³-hybridized carbons (Fsp3) is 1.00. The van der Waals surface area contributed by atoms with Crippen LogP contribution in [0.1, 0.15) is 0 Å². The van der Waals surface area contributed by atoms with Crippen molar-refractivity contribution in [2.75, 3.05) is 38.3 Å². The predicted octanol–water partition coefficient (Wildman–Crippen LogP) is -1.42. The fourth-order valence-corrected chi connectivity index (χ4v) is 4.37. The van der Waals surface area contributed by atoms with Crippen LogP contribution >= 0.6 is 0 Å². The summed E-state index contributed by atoms with van der Waals surface area (Å²) in [6.07, 6.45) is 0.957. The lowest BCUT2D eigenvalue weighted by atomic mass is 10.4. The number of nitrogens with zero attached hydrogens (tertiary/aromatic N) is 1. The van der Waals surface area contributed by atoms with Crippen molar-refractivity contribution in [3.63, 3.8) is 0 Å². The molecule has 0 radical (unpaired) electrons. The highest BCUT2D eigenvalue weighted by molar-refractivity contribution is 7.93. The number of hydrogen-bond donors (Lipinski definition) is 1. The summed E-state index contributed by atoms with van der Waals surface area (Å²) in [6.45, 7) is 1.40. The minimum Gasteiger partial charge on any atom is -0.379 e. The van der Waals surface area contributed by atoms with Crippen molar-refractivity contribution in [3.8, 4) is 0 Å². The zero-order valence-electron chi connectivity index (χ0n) is 8.87. The van der Waals surface area contributed by atoms with Crippen molar-refractivity contribution in [3.05, 3.63) is 0 Å². The van der Waals surface area contributed by atoms with E-state index in [4.69, 9.17) is 9.29 Å². The van der Waals surface area contributed by atoms with E-state index in [9.17, 15) is 16.8 Å². The number of hydrogen-bond acceptors (Lipinski definition) is 6. The molecule has 1 aliphatic rings. The van der Waals surface area contributed by atoms with E-state index in [0.717, 1.165) is 6.26 Å². The highest BCUT2D eigenvalue weighted by atomic mass is 32.2. The van der Waals surface area contributed by atoms with Gasteiger partial charge >= 0.3 is 0 Å². The Morgan fingerprint density at radius 1 is 1.25 bits per heavy atom. The molecule has 0 saturated carbocycles. The van der Waals surface area contributed by atoms with E-state index in [2.05, 4.69) is 0 Å². The second-order valence-electron chi connectivity index (χ2n) is 3.68. The van der Waals surface area contributed by atoms with E-state index in [1.807, 2.05) is 0 Å². The Morgan fingerprint density at radius 3 is 2.12 bits per heavy atom. The van der Waals surface area contributed by atoms with E-state index in [-0.39, 0.29) is 0 Å². The molecule has 0 aromatic carbocycles. The van der Waals surface area contributed by atoms with Gasteiger partial charge in [-0.05, 0) is 0 Å². The number of morpholine rings is 1. The minimum atomic E-state index is -4.32. The lowest BCUT2D eigenvalue weighted by Crippen LogP contribution is -2.50. The first-order valence-corrected chi connectivity index (χ1v) is 8.22. The lowest BCUT2D eigenvalue weighted by molar-refractivity contribution is 0.0340. The summed E-state index contributed by atoms with van der Waals surface area (Å²) in [5.41, 5.74) is 0. The van der Waals surface area contributed by atoms with Crippen LogP contribution < -0.4 is 0 Å². The third-order valence-electron chi connectivity index (χ3n) is 2.30. The summed E-state index contributed by atoms with van der Waals surface area (Å²) in [7, 11) is -7.88. The Kier molecular flexibility index (Phi) is 4.29. The summed E-state index contributed by atoms with van der Waals surface area (Å²) in [5.74, 6) is -0.800. The second-order valence-corrected chi connectivity index (χ2v) is 7.38. The zero-order chi connectivity index (χ0) is 12.4. The van der Waals surface area contributed by atoms with Crippen LogP contribution in [0, 0.1) is 0 Å². The third-order valence-corrected chi connectivity index (χ3v) is 4.70. The van der Waals surface area contributed by atoms with Crippen molar-refractivity contribution in [2.24, 2.45) is 0 Å². The molecule has 9 heteroatoms. The molecule has 0 aromatic rings. The molecule has 1 saturated heterocycles. The Morgan fingerprint density at radius 2 is 1.75 bits per heavy atom. The van der Waals surface area contributed by atoms with Gasteiger partial charge in [0.25, 0.3) is 10.1 Å². The summed E-state index contributed by atoms with van der Waals surface area (Å²) in [6, 6.07) is 0. The Hall–Kier alpha value is -0.220. The maximum Gasteiger partial charge on any atom is 0.267 e. The van der Waals surface area contributed by atoms with Gasteiger partial charge in [0.2, 0.25) is 0 Å². The summed E-state index contributed by atoms with van der Waals surface area (Å²) in [5, 5.41) is -1.20. The molecule has 7 nitrogen and oxygen atoms in total. The van der Waals surface area contributed by atoms with Crippen molar-refractivity contribution in [1.29, 1.82) is 0 Å². The smallest absolute Gasteiger partial charge is 0.267 e. The predicted molar refractivity (Wildman–Crippen MR) is 57.4 cm³/mol. The first-order valence-electron chi connectivity index (χ1n) is 4.66. The lowest BCUT2D eigenvalue weighted by Gasteiger charge is -2.32. The average molecular weight is 273 g/mol. The van der Waals surface area contributed by atoms with Gasteiger partial charge in [0.1, 0.15) is 11.1 Å². The van der Waals surface area contributed by atoms with Crippen LogP contribution in [0.25, 0.3) is 0 Å². The van der Waals surface area contributed by atoms with Gasteiger partial charge in [0.05, 0.1) is 13.2 Å². The molecule has 0 spiro atoms. The van der Waals surface area contributed by atoms with Crippen molar-refractivity contribution in [1.82, 2.24) is 4.90 Å². The van der Waals surface area contributed by atoms with E-state index in [1.54, 1.807) is 0 Å². The van der Waals surface area contributed by atoms with Crippen LogP contribution in [-0.2, 0) is 24.7 Å². The molecule has 1 N–H and O–H groups in total. The van der Waals surface area contributed by atoms with Gasteiger partial charge in [0, 0.05) is 19.3 Å². The summed E-state index contributed by atoms with van der Waals surface area (Å²) < 4.78 is 58.2. The molecule has 1 heterocycles. The maximum absolute atomic E-state index is 11.5. The van der Waals surface area contributed by atoms with Gasteiger partial charge in [-0.3, -0.25) is 9.45 Å². The molecule has 0 bridgehead atoms. The molecule has 0 aliphatic carbocycles. The van der Waals surface area contributed by atoms with E-state index in [1.165, 1.54) is 4.90 Å². The van der Waals surface area contributed by atoms with Gasteiger partial charge in [-0.1, -0.05) is 0 Å². The largest absolute Gasteiger partial charge is 0.379 e. The van der Waals surface area contributed by atoms with E-state index < -0.39 is 31.1 Å². The molecule has 1 unspecified atom stereocenters. The standard InChI is InChI=1S/C7H15NO6S2/c1-15(9,10)7(6-16(11,12)13)8-2-4-14-5-3-8/h7H,2-6H2,1H3,(H,11,12,13). The summed E-state index contributed by atoms with van der Waals surface area (Å²) in [4.78, 5) is 1.49. The van der Waals surface area contributed by atoms with Crippen LogP contribution in [-0.4, -0.2) is 70.0 Å². The monoisotopic (exact) mass is 273 g/mol. The van der Waals surface area contributed by atoms with Crippen molar-refractivity contribution < 1.29 is 26.1 Å². The molecule has 1 atom stereocenters. The van der Waals surface area contributed by atoms with E-state index >= 15 is 0 Å². The number of sulfone groups is 1. The van der Waals surface area contributed by atoms with Crippen LogP contribution in [0.5, 0.6) is 0 Å². The van der Waals surface area contributed by atoms with Crippen LogP contribution in [0.15, 0.2) is 0 Å².